The molecule has 8 nitrogen and oxygen atoms in total. The molecule has 1 atom stereocenters. The molecule has 0 aromatic heterocycles. The normalized spacial score (nSPS) is 20.8. The number of ether oxygens (including phenoxy) is 1. The Bertz CT molecular complexity index is 585. The number of morpholine rings is 1. The number of hydrogen-bond acceptors (Lipinski definition) is 6. The fourth-order valence-electron chi connectivity index (χ4n) is 1.98. The Hall–Kier alpha value is -1.55. The van der Waals surface area contributed by atoms with Crippen LogP contribution in [0, 0.1) is 10.1 Å². The van der Waals surface area contributed by atoms with Gasteiger partial charge in [0, 0.05) is 18.7 Å². The van der Waals surface area contributed by atoms with E-state index in [9.17, 15) is 23.6 Å². The second-order valence-corrected chi connectivity index (χ2v) is 6.17. The zero-order chi connectivity index (χ0) is 14.8. The average Bonchev–Trinajstić information content (AvgIpc) is 2.47. The molecule has 0 amide bonds. The lowest BCUT2D eigenvalue weighted by molar-refractivity contribution is -0.384. The molecular formula is C11H14N2O6S. The molecule has 2 rings (SSSR count). The van der Waals surface area contributed by atoms with Crippen LogP contribution < -0.4 is 0 Å². The smallest absolute Gasteiger partial charge is 0.269 e. The van der Waals surface area contributed by atoms with Crippen molar-refractivity contribution < 1.29 is 23.2 Å². The first-order chi connectivity index (χ1) is 9.46. The summed E-state index contributed by atoms with van der Waals surface area (Å²) in [6.45, 7) is 0.183. The quantitative estimate of drug-likeness (QED) is 0.618. The molecule has 110 valence electrons. The van der Waals surface area contributed by atoms with Gasteiger partial charge < -0.3 is 9.84 Å². The Kier molecular flexibility index (Phi) is 4.33. The van der Waals surface area contributed by atoms with Crippen LogP contribution in [0.3, 0.4) is 0 Å². The van der Waals surface area contributed by atoms with E-state index in [-0.39, 0.29) is 36.9 Å². The van der Waals surface area contributed by atoms with Gasteiger partial charge in [-0.2, -0.15) is 4.31 Å². The lowest BCUT2D eigenvalue weighted by Crippen LogP contribution is -2.50. The van der Waals surface area contributed by atoms with Crippen LogP contribution in [0.25, 0.3) is 0 Å². The van der Waals surface area contributed by atoms with Crippen molar-refractivity contribution in [2.24, 2.45) is 0 Å². The number of hydrogen-bond donors (Lipinski definition) is 1. The number of nitrogens with zero attached hydrogens (tertiary/aromatic N) is 2. The molecule has 0 spiro atoms. The topological polar surface area (TPSA) is 110 Å². The average molecular weight is 302 g/mol. The summed E-state index contributed by atoms with van der Waals surface area (Å²) in [5.41, 5.74) is -0.176. The van der Waals surface area contributed by atoms with Crippen molar-refractivity contribution in [3.8, 4) is 0 Å². The third kappa shape index (κ3) is 2.80. The maximum atomic E-state index is 12.4. The van der Waals surface area contributed by atoms with Crippen LogP contribution in [0.2, 0.25) is 0 Å². The third-order valence-electron chi connectivity index (χ3n) is 3.04. The van der Waals surface area contributed by atoms with Crippen LogP contribution in [0.1, 0.15) is 0 Å². The van der Waals surface area contributed by atoms with Crippen molar-refractivity contribution >= 4 is 15.7 Å². The summed E-state index contributed by atoms with van der Waals surface area (Å²) in [5.74, 6) is 0. The van der Waals surface area contributed by atoms with E-state index < -0.39 is 21.0 Å². The van der Waals surface area contributed by atoms with E-state index in [0.29, 0.717) is 0 Å². The first-order valence-corrected chi connectivity index (χ1v) is 7.35. The lowest BCUT2D eigenvalue weighted by atomic mass is 10.3. The van der Waals surface area contributed by atoms with Crippen LogP contribution in [0.15, 0.2) is 29.2 Å². The van der Waals surface area contributed by atoms with Gasteiger partial charge in [0.15, 0.2) is 0 Å². The van der Waals surface area contributed by atoms with Gasteiger partial charge in [-0.05, 0) is 12.1 Å². The molecule has 1 unspecified atom stereocenters. The standard InChI is InChI=1S/C11H14N2O6S/c14-7-10-8-19-6-5-12(10)20(17,18)11-3-1-9(2-4-11)13(15)16/h1-4,10,14H,5-8H2. The van der Waals surface area contributed by atoms with Crippen molar-refractivity contribution in [1.29, 1.82) is 0 Å². The van der Waals surface area contributed by atoms with Crippen LogP contribution in [0.5, 0.6) is 0 Å². The van der Waals surface area contributed by atoms with Gasteiger partial charge in [0.05, 0.1) is 35.7 Å². The number of non-ortho nitro benzene ring substituents is 1. The molecule has 9 heteroatoms. The van der Waals surface area contributed by atoms with Crippen molar-refractivity contribution in [3.05, 3.63) is 34.4 Å². The van der Waals surface area contributed by atoms with Crippen LogP contribution in [-0.2, 0) is 14.8 Å². The van der Waals surface area contributed by atoms with Gasteiger partial charge in [-0.3, -0.25) is 10.1 Å². The SMILES string of the molecule is O=[N+]([O-])c1ccc(S(=O)(=O)N2CCOCC2CO)cc1. The summed E-state index contributed by atoms with van der Waals surface area (Å²) in [6, 6.07) is 4.03. The van der Waals surface area contributed by atoms with E-state index in [1.54, 1.807) is 0 Å². The fourth-order valence-corrected chi connectivity index (χ4v) is 3.56. The minimum atomic E-state index is -3.80. The largest absolute Gasteiger partial charge is 0.395 e. The molecule has 1 saturated heterocycles. The monoisotopic (exact) mass is 302 g/mol. The van der Waals surface area contributed by atoms with E-state index >= 15 is 0 Å². The molecule has 0 saturated carbocycles. The molecular weight excluding hydrogens is 288 g/mol. The number of nitro benzene ring substituents is 1. The Morgan fingerprint density at radius 3 is 2.60 bits per heavy atom. The first kappa shape index (κ1) is 14.9. The van der Waals surface area contributed by atoms with E-state index in [1.807, 2.05) is 0 Å². The molecule has 0 bridgehead atoms. The minimum Gasteiger partial charge on any atom is -0.395 e. The van der Waals surface area contributed by atoms with Crippen molar-refractivity contribution in [2.75, 3.05) is 26.4 Å². The lowest BCUT2D eigenvalue weighted by Gasteiger charge is -2.33. The van der Waals surface area contributed by atoms with E-state index in [1.165, 1.54) is 12.1 Å². The zero-order valence-electron chi connectivity index (χ0n) is 10.5. The van der Waals surface area contributed by atoms with Gasteiger partial charge in [-0.1, -0.05) is 0 Å². The van der Waals surface area contributed by atoms with Gasteiger partial charge >= 0.3 is 0 Å². The zero-order valence-corrected chi connectivity index (χ0v) is 11.3. The molecule has 1 heterocycles. The van der Waals surface area contributed by atoms with Gasteiger partial charge in [0.2, 0.25) is 10.0 Å². The molecule has 0 radical (unpaired) electrons. The number of aliphatic hydroxyl groups is 1. The molecule has 1 aromatic carbocycles. The summed E-state index contributed by atoms with van der Waals surface area (Å²) >= 11 is 0. The van der Waals surface area contributed by atoms with Gasteiger partial charge in [0.1, 0.15) is 0 Å². The predicted molar refractivity (Wildman–Crippen MR) is 68.7 cm³/mol. The molecule has 1 aliphatic heterocycles. The summed E-state index contributed by atoms with van der Waals surface area (Å²) < 4.78 is 31.1. The van der Waals surface area contributed by atoms with Crippen LogP contribution >= 0.6 is 0 Å². The summed E-state index contributed by atoms with van der Waals surface area (Å²) in [4.78, 5) is 9.92. The van der Waals surface area contributed by atoms with Gasteiger partial charge in [0.25, 0.3) is 5.69 Å². The molecule has 20 heavy (non-hydrogen) atoms. The number of sulfonamides is 1. The van der Waals surface area contributed by atoms with Gasteiger partial charge in [-0.25, -0.2) is 8.42 Å². The van der Waals surface area contributed by atoms with E-state index in [0.717, 1.165) is 16.4 Å². The number of aliphatic hydroxyl groups excluding tert-OH is 1. The predicted octanol–water partition coefficient (Wildman–Crippen LogP) is -0.0234. The highest BCUT2D eigenvalue weighted by atomic mass is 32.2. The highest BCUT2D eigenvalue weighted by Crippen LogP contribution is 2.22. The maximum absolute atomic E-state index is 12.4. The molecule has 0 aliphatic carbocycles. The van der Waals surface area contributed by atoms with E-state index in [4.69, 9.17) is 4.74 Å². The van der Waals surface area contributed by atoms with Crippen molar-refractivity contribution in [3.63, 3.8) is 0 Å². The first-order valence-electron chi connectivity index (χ1n) is 5.91. The molecule has 1 N–H and O–H groups in total. The Morgan fingerprint density at radius 1 is 1.40 bits per heavy atom. The van der Waals surface area contributed by atoms with Crippen LogP contribution in [0.4, 0.5) is 5.69 Å². The number of benzene rings is 1. The Balaban J connectivity index is 2.31. The Morgan fingerprint density at radius 2 is 2.05 bits per heavy atom. The third-order valence-corrected chi connectivity index (χ3v) is 5.00. The summed E-state index contributed by atoms with van der Waals surface area (Å²) in [5, 5.41) is 19.8. The maximum Gasteiger partial charge on any atom is 0.269 e. The summed E-state index contributed by atoms with van der Waals surface area (Å²) in [7, 11) is -3.80. The second kappa shape index (κ2) is 5.83. The molecule has 1 aliphatic rings. The minimum absolute atomic E-state index is 0.0385. The van der Waals surface area contributed by atoms with Crippen molar-refractivity contribution in [1.82, 2.24) is 4.31 Å². The van der Waals surface area contributed by atoms with Gasteiger partial charge in [-0.15, -0.1) is 0 Å². The van der Waals surface area contributed by atoms with Crippen LogP contribution in [-0.4, -0.2) is 55.2 Å². The summed E-state index contributed by atoms with van der Waals surface area (Å²) in [6.07, 6.45) is 0. The number of nitro groups is 1. The molecule has 1 fully saturated rings. The van der Waals surface area contributed by atoms with Crippen molar-refractivity contribution in [2.45, 2.75) is 10.9 Å². The fraction of sp³-hybridized carbons (Fsp3) is 0.455. The van der Waals surface area contributed by atoms with E-state index in [2.05, 4.69) is 0 Å². The highest BCUT2D eigenvalue weighted by Gasteiger charge is 2.33. The number of rotatable bonds is 4. The Labute approximate surface area is 115 Å². The molecule has 1 aromatic rings. The second-order valence-electron chi connectivity index (χ2n) is 4.28. The highest BCUT2D eigenvalue weighted by molar-refractivity contribution is 7.89.